The Morgan fingerprint density at radius 2 is 1.72 bits per heavy atom. The van der Waals surface area contributed by atoms with E-state index in [0.717, 1.165) is 23.2 Å². The molecule has 0 spiro atoms. The number of rotatable bonds is 3. The lowest BCUT2D eigenvalue weighted by atomic mass is 9.87. The van der Waals surface area contributed by atoms with Crippen molar-refractivity contribution >= 4 is 33.5 Å². The number of benzene rings is 2. The molecule has 7 heteroatoms. The van der Waals surface area contributed by atoms with Gasteiger partial charge < -0.3 is 4.90 Å². The van der Waals surface area contributed by atoms with Crippen LogP contribution >= 0.6 is 11.3 Å². The van der Waals surface area contributed by atoms with Gasteiger partial charge in [0.25, 0.3) is 11.5 Å². The van der Waals surface area contributed by atoms with Crippen molar-refractivity contribution in [3.05, 3.63) is 74.5 Å². The van der Waals surface area contributed by atoms with Gasteiger partial charge in [0.05, 0.1) is 11.3 Å². The third-order valence-electron chi connectivity index (χ3n) is 5.76. The number of hydrogen-bond acceptors (Lipinski definition) is 5. The number of amides is 1. The molecule has 3 heterocycles. The SMILES string of the molecule is CCCN1C(=O)/C(=c2\sc3nc(-c4ccc(C(C)(C)C)cc4)nn3c2=O)c2ccccc21. The summed E-state index contributed by atoms with van der Waals surface area (Å²) in [7, 11) is 0. The van der Waals surface area contributed by atoms with Gasteiger partial charge in [-0.2, -0.15) is 9.50 Å². The highest BCUT2D eigenvalue weighted by Crippen LogP contribution is 2.35. The van der Waals surface area contributed by atoms with E-state index in [0.29, 0.717) is 27.4 Å². The van der Waals surface area contributed by atoms with Crippen LogP contribution in [0.15, 0.2) is 53.3 Å². The van der Waals surface area contributed by atoms with Crippen LogP contribution in [-0.4, -0.2) is 27.0 Å². The monoisotopic (exact) mass is 444 g/mol. The van der Waals surface area contributed by atoms with Crippen LogP contribution in [-0.2, 0) is 10.2 Å². The molecular formula is C25H24N4O2S. The van der Waals surface area contributed by atoms with Crippen molar-refractivity contribution in [1.29, 1.82) is 0 Å². The number of fused-ring (bicyclic) bond motifs is 2. The van der Waals surface area contributed by atoms with Crippen LogP contribution in [0, 0.1) is 0 Å². The molecule has 0 saturated carbocycles. The molecule has 6 nitrogen and oxygen atoms in total. The molecule has 32 heavy (non-hydrogen) atoms. The Balaban J connectivity index is 1.63. The van der Waals surface area contributed by atoms with Crippen molar-refractivity contribution in [3.8, 4) is 11.4 Å². The maximum atomic E-state index is 13.2. The van der Waals surface area contributed by atoms with E-state index < -0.39 is 0 Å². The van der Waals surface area contributed by atoms with E-state index in [2.05, 4.69) is 43.0 Å². The van der Waals surface area contributed by atoms with Crippen LogP contribution in [0.4, 0.5) is 5.69 Å². The molecule has 1 aliphatic heterocycles. The van der Waals surface area contributed by atoms with Crippen LogP contribution in [0.5, 0.6) is 0 Å². The summed E-state index contributed by atoms with van der Waals surface area (Å²) in [5.41, 5.74) is 3.95. The van der Waals surface area contributed by atoms with Gasteiger partial charge in [-0.15, -0.1) is 5.10 Å². The highest BCUT2D eigenvalue weighted by atomic mass is 32.1. The molecule has 0 atom stereocenters. The lowest BCUT2D eigenvalue weighted by Gasteiger charge is -2.18. The predicted molar refractivity (Wildman–Crippen MR) is 128 cm³/mol. The first-order valence-corrected chi connectivity index (χ1v) is 11.6. The summed E-state index contributed by atoms with van der Waals surface area (Å²) in [6.07, 6.45) is 0.838. The molecule has 5 rings (SSSR count). The molecule has 0 aliphatic carbocycles. The first-order chi connectivity index (χ1) is 15.3. The molecule has 1 aliphatic rings. The Kier molecular flexibility index (Phi) is 4.74. The quantitative estimate of drug-likeness (QED) is 0.482. The van der Waals surface area contributed by atoms with Gasteiger partial charge in [-0.3, -0.25) is 9.59 Å². The molecule has 0 saturated heterocycles. The molecule has 4 aromatic rings. The largest absolute Gasteiger partial charge is 0.308 e. The van der Waals surface area contributed by atoms with Gasteiger partial charge in [0.2, 0.25) is 4.96 Å². The molecule has 162 valence electrons. The average molecular weight is 445 g/mol. The standard InChI is InChI=1S/C25H24N4O2S/c1-5-14-28-18-9-7-6-8-17(18)19(22(28)30)20-23(31)29-24(32-20)26-21(27-29)15-10-12-16(13-11-15)25(2,3)4/h6-13H,5,14H2,1-4H3/b20-19-. The summed E-state index contributed by atoms with van der Waals surface area (Å²) in [6.45, 7) is 9.15. The maximum Gasteiger partial charge on any atom is 0.291 e. The van der Waals surface area contributed by atoms with Crippen LogP contribution in [0.1, 0.15) is 45.2 Å². The molecule has 1 amide bonds. The normalized spacial score (nSPS) is 15.6. The third-order valence-corrected chi connectivity index (χ3v) is 6.79. The van der Waals surface area contributed by atoms with Gasteiger partial charge >= 0.3 is 0 Å². The number of carbonyl (C=O) groups is 1. The van der Waals surface area contributed by atoms with E-state index in [1.807, 2.05) is 43.3 Å². The number of anilines is 1. The van der Waals surface area contributed by atoms with Crippen LogP contribution in [0.3, 0.4) is 0 Å². The number of carbonyl (C=O) groups excluding carboxylic acids is 1. The van der Waals surface area contributed by atoms with Gasteiger partial charge in [0.15, 0.2) is 5.82 Å². The highest BCUT2D eigenvalue weighted by Gasteiger charge is 2.33. The number of thiazole rings is 1. The molecule has 0 N–H and O–H groups in total. The second kappa shape index (κ2) is 7.38. The summed E-state index contributed by atoms with van der Waals surface area (Å²) in [6, 6.07) is 15.7. The number of aromatic nitrogens is 3. The first-order valence-electron chi connectivity index (χ1n) is 10.8. The summed E-state index contributed by atoms with van der Waals surface area (Å²) in [5, 5.41) is 4.47. The molecule has 0 unspecified atom stereocenters. The number of nitrogens with zero attached hydrogens (tertiary/aromatic N) is 4. The van der Waals surface area contributed by atoms with E-state index in [1.54, 1.807) is 4.90 Å². The lowest BCUT2D eigenvalue weighted by molar-refractivity contribution is -0.113. The summed E-state index contributed by atoms with van der Waals surface area (Å²) < 4.78 is 1.71. The molecule has 0 radical (unpaired) electrons. The lowest BCUT2D eigenvalue weighted by Crippen LogP contribution is -2.32. The summed E-state index contributed by atoms with van der Waals surface area (Å²) in [5.74, 6) is 0.378. The van der Waals surface area contributed by atoms with Crippen molar-refractivity contribution in [3.63, 3.8) is 0 Å². The fourth-order valence-electron chi connectivity index (χ4n) is 4.07. The van der Waals surface area contributed by atoms with Crippen molar-refractivity contribution in [1.82, 2.24) is 14.6 Å². The van der Waals surface area contributed by atoms with Gasteiger partial charge in [-0.05, 0) is 23.5 Å². The van der Waals surface area contributed by atoms with E-state index in [1.165, 1.54) is 21.4 Å². The van der Waals surface area contributed by atoms with E-state index in [9.17, 15) is 9.59 Å². The second-order valence-corrected chi connectivity index (χ2v) is 10.0. The number of hydrogen-bond donors (Lipinski definition) is 0. The fourth-order valence-corrected chi connectivity index (χ4v) is 5.07. The Morgan fingerprint density at radius 1 is 1.00 bits per heavy atom. The van der Waals surface area contributed by atoms with E-state index in [4.69, 9.17) is 0 Å². The van der Waals surface area contributed by atoms with Gasteiger partial charge in [0, 0.05) is 17.7 Å². The second-order valence-electron chi connectivity index (χ2n) is 9.04. The minimum atomic E-state index is -0.299. The van der Waals surface area contributed by atoms with Crippen molar-refractivity contribution < 1.29 is 4.79 Å². The Labute approximate surface area is 189 Å². The van der Waals surface area contributed by atoms with Crippen LogP contribution in [0.2, 0.25) is 0 Å². The Morgan fingerprint density at radius 3 is 2.38 bits per heavy atom. The molecule has 0 fully saturated rings. The van der Waals surface area contributed by atoms with Gasteiger partial charge in [0.1, 0.15) is 4.53 Å². The van der Waals surface area contributed by atoms with Gasteiger partial charge in [-0.25, -0.2) is 0 Å². The predicted octanol–water partition coefficient (Wildman–Crippen LogP) is 3.79. The van der Waals surface area contributed by atoms with E-state index >= 15 is 0 Å². The van der Waals surface area contributed by atoms with Crippen molar-refractivity contribution in [2.75, 3.05) is 11.4 Å². The number of para-hydroxylation sites is 1. The fraction of sp³-hybridized carbons (Fsp3) is 0.280. The van der Waals surface area contributed by atoms with Crippen molar-refractivity contribution in [2.45, 2.75) is 39.5 Å². The minimum absolute atomic E-state index is 0.0601. The topological polar surface area (TPSA) is 67.6 Å². The smallest absolute Gasteiger partial charge is 0.291 e. The molecule has 2 aromatic heterocycles. The molecular weight excluding hydrogens is 420 g/mol. The van der Waals surface area contributed by atoms with Gasteiger partial charge in [-0.1, -0.05) is 81.5 Å². The summed E-state index contributed by atoms with van der Waals surface area (Å²) in [4.78, 5) is 33.3. The Bertz CT molecular complexity index is 1460. The first kappa shape index (κ1) is 20.6. The van der Waals surface area contributed by atoms with E-state index in [-0.39, 0.29) is 16.9 Å². The highest BCUT2D eigenvalue weighted by molar-refractivity contribution is 7.15. The van der Waals surface area contributed by atoms with Crippen molar-refractivity contribution in [2.24, 2.45) is 0 Å². The van der Waals surface area contributed by atoms with Crippen LogP contribution < -0.4 is 15.0 Å². The average Bonchev–Trinajstić information content (AvgIpc) is 3.40. The zero-order chi connectivity index (χ0) is 22.6. The zero-order valence-electron chi connectivity index (χ0n) is 18.5. The third kappa shape index (κ3) is 3.15. The zero-order valence-corrected chi connectivity index (χ0v) is 19.4. The molecule has 0 bridgehead atoms. The maximum absolute atomic E-state index is 13.2. The molecule has 2 aromatic carbocycles. The summed E-state index contributed by atoms with van der Waals surface area (Å²) >= 11 is 1.22. The Hall–Kier alpha value is -3.32. The minimum Gasteiger partial charge on any atom is -0.308 e. The van der Waals surface area contributed by atoms with Crippen LogP contribution in [0.25, 0.3) is 21.9 Å².